The lowest BCUT2D eigenvalue weighted by Crippen LogP contribution is -2.39. The third kappa shape index (κ3) is 7.71. The van der Waals surface area contributed by atoms with Gasteiger partial charge in [0.1, 0.15) is 0 Å². The molecule has 2 unspecified atom stereocenters. The molecule has 0 bridgehead atoms. The number of aliphatic hydroxyl groups is 2. The molecule has 15 heavy (non-hydrogen) atoms. The molecule has 0 radical (unpaired) electrons. The fourth-order valence-corrected chi connectivity index (χ4v) is 0.981. The number of urea groups is 1. The monoisotopic (exact) mass is 220 g/mol. The van der Waals surface area contributed by atoms with Crippen molar-refractivity contribution in [3.05, 3.63) is 0 Å². The normalized spacial score (nSPS) is 14.1. The first-order chi connectivity index (χ1) is 6.95. The van der Waals surface area contributed by atoms with E-state index in [9.17, 15) is 14.7 Å². The molecule has 0 aromatic rings. The number of aliphatic carboxylic acids is 1. The average molecular weight is 220 g/mol. The van der Waals surface area contributed by atoms with E-state index in [4.69, 9.17) is 10.2 Å². The molecule has 0 rings (SSSR count). The summed E-state index contributed by atoms with van der Waals surface area (Å²) in [5.41, 5.74) is 0. The molecule has 0 aromatic heterocycles. The maximum absolute atomic E-state index is 10.7. The SMILES string of the molecule is CNC(=O)NCC(O)CC(O)CC(=O)O. The van der Waals surface area contributed by atoms with E-state index in [-0.39, 0.29) is 13.0 Å². The van der Waals surface area contributed by atoms with Gasteiger partial charge in [-0.25, -0.2) is 4.79 Å². The highest BCUT2D eigenvalue weighted by Crippen LogP contribution is 2.01. The minimum Gasteiger partial charge on any atom is -0.481 e. The lowest BCUT2D eigenvalue weighted by atomic mass is 10.1. The quantitative estimate of drug-likeness (QED) is 0.373. The van der Waals surface area contributed by atoms with Gasteiger partial charge in [-0.15, -0.1) is 0 Å². The minimum absolute atomic E-state index is 0.0314. The van der Waals surface area contributed by atoms with Crippen LogP contribution >= 0.6 is 0 Å². The van der Waals surface area contributed by atoms with Crippen molar-refractivity contribution in [1.82, 2.24) is 10.6 Å². The number of amides is 2. The van der Waals surface area contributed by atoms with E-state index in [2.05, 4.69) is 10.6 Å². The summed E-state index contributed by atoms with van der Waals surface area (Å²) in [6.45, 7) is -0.0314. The van der Waals surface area contributed by atoms with Gasteiger partial charge in [0.15, 0.2) is 0 Å². The van der Waals surface area contributed by atoms with Crippen molar-refractivity contribution in [2.75, 3.05) is 13.6 Å². The van der Waals surface area contributed by atoms with E-state index < -0.39 is 30.6 Å². The molecular formula is C8H16N2O5. The second kappa shape index (κ2) is 7.02. The zero-order valence-electron chi connectivity index (χ0n) is 8.43. The number of nitrogens with one attached hydrogen (secondary N) is 2. The van der Waals surface area contributed by atoms with E-state index in [0.29, 0.717) is 0 Å². The lowest BCUT2D eigenvalue weighted by molar-refractivity contribution is -0.139. The molecule has 0 fully saturated rings. The van der Waals surface area contributed by atoms with Crippen molar-refractivity contribution < 1.29 is 24.9 Å². The molecule has 0 aliphatic rings. The fraction of sp³-hybridized carbons (Fsp3) is 0.750. The maximum atomic E-state index is 10.7. The Labute approximate surface area is 87.1 Å². The molecule has 7 nitrogen and oxygen atoms in total. The van der Waals surface area contributed by atoms with Crippen molar-refractivity contribution in [3.63, 3.8) is 0 Å². The molecule has 2 atom stereocenters. The third-order valence-corrected chi connectivity index (χ3v) is 1.68. The number of aliphatic hydroxyl groups excluding tert-OH is 2. The molecule has 0 aliphatic heterocycles. The van der Waals surface area contributed by atoms with E-state index in [1.807, 2.05) is 0 Å². The molecule has 0 aromatic carbocycles. The van der Waals surface area contributed by atoms with Crippen LogP contribution in [0.15, 0.2) is 0 Å². The standard InChI is InChI=1S/C8H16N2O5/c1-9-8(15)10-4-6(12)2-5(11)3-7(13)14/h5-6,11-12H,2-4H2,1H3,(H,13,14)(H2,9,10,15). The lowest BCUT2D eigenvalue weighted by Gasteiger charge is -2.14. The Morgan fingerprint density at radius 3 is 2.33 bits per heavy atom. The summed E-state index contributed by atoms with van der Waals surface area (Å²) in [5.74, 6) is -1.13. The van der Waals surface area contributed by atoms with E-state index in [1.54, 1.807) is 0 Å². The van der Waals surface area contributed by atoms with E-state index in [1.165, 1.54) is 7.05 Å². The van der Waals surface area contributed by atoms with Crippen molar-refractivity contribution >= 4 is 12.0 Å². The first kappa shape index (κ1) is 13.7. The van der Waals surface area contributed by atoms with Gasteiger partial charge >= 0.3 is 12.0 Å². The van der Waals surface area contributed by atoms with Crippen molar-refractivity contribution in [1.29, 1.82) is 0 Å². The van der Waals surface area contributed by atoms with Crippen molar-refractivity contribution in [2.45, 2.75) is 25.0 Å². The molecule has 0 heterocycles. The molecule has 0 saturated carbocycles. The number of carbonyl (C=O) groups excluding carboxylic acids is 1. The van der Waals surface area contributed by atoms with Gasteiger partial charge in [-0.05, 0) is 0 Å². The van der Waals surface area contributed by atoms with E-state index in [0.717, 1.165) is 0 Å². The highest BCUT2D eigenvalue weighted by molar-refractivity contribution is 5.73. The van der Waals surface area contributed by atoms with Crippen LogP contribution in [-0.2, 0) is 4.79 Å². The van der Waals surface area contributed by atoms with Gasteiger partial charge in [-0.2, -0.15) is 0 Å². The largest absolute Gasteiger partial charge is 0.481 e. The number of carboxylic acid groups (broad SMARTS) is 1. The predicted octanol–water partition coefficient (Wildman–Crippen LogP) is -1.50. The smallest absolute Gasteiger partial charge is 0.314 e. The second-order valence-electron chi connectivity index (χ2n) is 3.10. The average Bonchev–Trinajstić information content (AvgIpc) is 2.12. The molecule has 0 saturated heterocycles. The van der Waals surface area contributed by atoms with Gasteiger partial charge in [0.05, 0.1) is 18.6 Å². The summed E-state index contributed by atoms with van der Waals surface area (Å²) in [4.78, 5) is 20.9. The highest BCUT2D eigenvalue weighted by atomic mass is 16.4. The Hall–Kier alpha value is -1.34. The first-order valence-electron chi connectivity index (χ1n) is 4.49. The van der Waals surface area contributed by atoms with Crippen LogP contribution in [0.5, 0.6) is 0 Å². The van der Waals surface area contributed by atoms with Crippen LogP contribution in [0.25, 0.3) is 0 Å². The zero-order chi connectivity index (χ0) is 11.8. The van der Waals surface area contributed by atoms with Crippen molar-refractivity contribution in [2.24, 2.45) is 0 Å². The molecule has 88 valence electrons. The van der Waals surface area contributed by atoms with Crippen LogP contribution in [0, 0.1) is 0 Å². The van der Waals surface area contributed by atoms with Crippen LogP contribution in [-0.4, -0.2) is 53.1 Å². The first-order valence-corrected chi connectivity index (χ1v) is 4.49. The Kier molecular flexibility index (Phi) is 6.39. The van der Waals surface area contributed by atoms with Gasteiger partial charge < -0.3 is 26.0 Å². The van der Waals surface area contributed by atoms with Crippen LogP contribution in [0.3, 0.4) is 0 Å². The summed E-state index contributed by atoms with van der Waals surface area (Å²) >= 11 is 0. The topological polar surface area (TPSA) is 119 Å². The number of carbonyl (C=O) groups is 2. The molecule has 7 heteroatoms. The third-order valence-electron chi connectivity index (χ3n) is 1.68. The zero-order valence-corrected chi connectivity index (χ0v) is 8.43. The van der Waals surface area contributed by atoms with Gasteiger partial charge in [-0.1, -0.05) is 0 Å². The summed E-state index contributed by atoms with van der Waals surface area (Å²) in [6.07, 6.45) is -2.58. The summed E-state index contributed by atoms with van der Waals surface area (Å²) in [5, 5.41) is 31.4. The van der Waals surface area contributed by atoms with Crippen LogP contribution < -0.4 is 10.6 Å². The van der Waals surface area contributed by atoms with E-state index >= 15 is 0 Å². The van der Waals surface area contributed by atoms with Gasteiger partial charge in [0, 0.05) is 20.0 Å². The maximum Gasteiger partial charge on any atom is 0.314 e. The van der Waals surface area contributed by atoms with Crippen LogP contribution in [0.1, 0.15) is 12.8 Å². The van der Waals surface area contributed by atoms with Crippen LogP contribution in [0.2, 0.25) is 0 Å². The second-order valence-corrected chi connectivity index (χ2v) is 3.10. The molecule has 2 amide bonds. The Morgan fingerprint density at radius 1 is 1.27 bits per heavy atom. The Bertz CT molecular complexity index is 221. The number of hydrogen-bond donors (Lipinski definition) is 5. The van der Waals surface area contributed by atoms with Gasteiger partial charge in [0.2, 0.25) is 0 Å². The minimum atomic E-state index is -1.13. The predicted molar refractivity (Wildman–Crippen MR) is 51.3 cm³/mol. The molecule has 0 aliphatic carbocycles. The number of rotatable bonds is 6. The number of hydrogen-bond acceptors (Lipinski definition) is 4. The van der Waals surface area contributed by atoms with Gasteiger partial charge in [-0.3, -0.25) is 4.79 Å². The summed E-state index contributed by atoms with van der Waals surface area (Å²) in [6, 6.07) is -0.443. The molecular weight excluding hydrogens is 204 g/mol. The Morgan fingerprint density at radius 2 is 1.87 bits per heavy atom. The summed E-state index contributed by atoms with van der Waals surface area (Å²) in [7, 11) is 1.43. The molecule has 0 spiro atoms. The van der Waals surface area contributed by atoms with Crippen LogP contribution in [0.4, 0.5) is 4.79 Å². The Balaban J connectivity index is 3.68. The number of carboxylic acids is 1. The molecule has 5 N–H and O–H groups in total. The highest BCUT2D eigenvalue weighted by Gasteiger charge is 2.15. The van der Waals surface area contributed by atoms with Gasteiger partial charge in [0.25, 0.3) is 0 Å². The van der Waals surface area contributed by atoms with Crippen molar-refractivity contribution in [3.8, 4) is 0 Å². The fourth-order valence-electron chi connectivity index (χ4n) is 0.981. The summed E-state index contributed by atoms with van der Waals surface area (Å²) < 4.78 is 0.